The first-order valence-corrected chi connectivity index (χ1v) is 3.00. The number of rotatable bonds is 0. The summed E-state index contributed by atoms with van der Waals surface area (Å²) in [6.07, 6.45) is 0. The molecule has 0 heterocycles. The van der Waals surface area contributed by atoms with Gasteiger partial charge in [0.15, 0.2) is 0 Å². The Morgan fingerprint density at radius 3 is 1.20 bits per heavy atom. The first-order valence-electron chi connectivity index (χ1n) is 0.817. The first kappa shape index (κ1) is 6.41. The van der Waals surface area contributed by atoms with Crippen LogP contribution in [-0.2, 0) is 0 Å². The molecule has 0 aliphatic heterocycles. The molecule has 0 aromatic heterocycles. The molecule has 0 saturated heterocycles. The van der Waals surface area contributed by atoms with Crippen molar-refractivity contribution in [3.05, 3.63) is 0 Å². The van der Waals surface area contributed by atoms with Crippen LogP contribution in [0.25, 0.3) is 0 Å². The molecule has 0 fully saturated rings. The van der Waals surface area contributed by atoms with Gasteiger partial charge in [-0.3, -0.25) is 0 Å². The van der Waals surface area contributed by atoms with Crippen molar-refractivity contribution in [2.45, 2.75) is 2.63 Å². The van der Waals surface area contributed by atoms with E-state index in [1.165, 1.54) is 16.5 Å². The van der Waals surface area contributed by atoms with Gasteiger partial charge in [-0.15, -0.1) is 0 Å². The molecule has 4 heteroatoms. The van der Waals surface area contributed by atoms with Gasteiger partial charge in [-0.05, 0) is 0 Å². The Balaban J connectivity index is 3.02. The van der Waals surface area contributed by atoms with Gasteiger partial charge >= 0.3 is 53.9 Å². The zero-order chi connectivity index (χ0) is 4.50. The van der Waals surface area contributed by atoms with Gasteiger partial charge in [0.25, 0.3) is 0 Å². The monoisotopic (exact) mass is 191 g/mol. The minimum absolute atomic E-state index is 1.08. The molecular formula is CCl3Ge. The molecule has 0 spiro atoms. The molecule has 0 unspecified atom stereocenters. The number of hydrogen-bond donors (Lipinski definition) is 0. The SMILES string of the molecule is Cl[C](Cl)(Cl)[Ge]. The Bertz CT molecular complexity index is 22.4. The van der Waals surface area contributed by atoms with Gasteiger partial charge in [0.2, 0.25) is 0 Å². The Labute approximate surface area is 54.0 Å². The molecule has 29 valence electrons. The molecule has 0 amide bonds. The fourth-order valence-electron chi connectivity index (χ4n) is 0. The fourth-order valence-corrected chi connectivity index (χ4v) is 0. The third kappa shape index (κ3) is 31.6. The predicted octanol–water partition coefficient (Wildman–Crippen LogP) is 1.48. The average molecular weight is 191 g/mol. The third-order valence-electron chi connectivity index (χ3n) is 0. The van der Waals surface area contributed by atoms with E-state index in [1.807, 2.05) is 0 Å². The Morgan fingerprint density at radius 1 is 1.20 bits per heavy atom. The molecule has 5 heavy (non-hydrogen) atoms. The average Bonchev–Trinajstić information content (AvgIpc) is 0.722. The number of halogens is 3. The van der Waals surface area contributed by atoms with Crippen molar-refractivity contribution in [2.75, 3.05) is 0 Å². The Hall–Kier alpha value is 1.41. The quantitative estimate of drug-likeness (QED) is 0.401. The molecule has 0 saturated carbocycles. The van der Waals surface area contributed by atoms with E-state index >= 15 is 0 Å². The summed E-state index contributed by atoms with van der Waals surface area (Å²) in [5.41, 5.74) is 0. The van der Waals surface area contributed by atoms with Crippen LogP contribution in [0.3, 0.4) is 0 Å². The first-order chi connectivity index (χ1) is 2.00. The van der Waals surface area contributed by atoms with E-state index in [-0.39, 0.29) is 0 Å². The van der Waals surface area contributed by atoms with Gasteiger partial charge in [-0.25, -0.2) is 0 Å². The Morgan fingerprint density at radius 2 is 1.20 bits per heavy atom. The van der Waals surface area contributed by atoms with Crippen LogP contribution in [0, 0.1) is 0 Å². The van der Waals surface area contributed by atoms with Crippen LogP contribution in [0.15, 0.2) is 0 Å². The van der Waals surface area contributed by atoms with Crippen LogP contribution in [0.4, 0.5) is 0 Å². The molecule has 0 aliphatic carbocycles. The minimum atomic E-state index is -1.08. The van der Waals surface area contributed by atoms with E-state index in [2.05, 4.69) is 0 Å². The van der Waals surface area contributed by atoms with Crippen molar-refractivity contribution < 1.29 is 0 Å². The van der Waals surface area contributed by atoms with E-state index < -0.39 is 2.63 Å². The maximum atomic E-state index is 5.06. The third-order valence-corrected chi connectivity index (χ3v) is 0. The molecule has 0 aliphatic rings. The topological polar surface area (TPSA) is 0 Å². The van der Waals surface area contributed by atoms with Gasteiger partial charge in [0, 0.05) is 0 Å². The molecule has 0 rings (SSSR count). The van der Waals surface area contributed by atoms with Gasteiger partial charge in [0.05, 0.1) is 0 Å². The molecule has 0 nitrogen and oxygen atoms in total. The second-order valence-corrected chi connectivity index (χ2v) is 6.35. The second-order valence-electron chi connectivity index (χ2n) is 0.498. The summed E-state index contributed by atoms with van der Waals surface area (Å²) in [4.78, 5) is 0. The number of alkyl halides is 3. The van der Waals surface area contributed by atoms with E-state index in [9.17, 15) is 0 Å². The summed E-state index contributed by atoms with van der Waals surface area (Å²) in [6, 6.07) is 0. The molecular weight excluding hydrogens is 191 g/mol. The van der Waals surface area contributed by atoms with Gasteiger partial charge in [-0.1, -0.05) is 0 Å². The van der Waals surface area contributed by atoms with Crippen LogP contribution in [0.1, 0.15) is 0 Å². The van der Waals surface area contributed by atoms with Gasteiger partial charge in [0.1, 0.15) is 0 Å². The zero-order valence-electron chi connectivity index (χ0n) is 2.13. The summed E-state index contributed by atoms with van der Waals surface area (Å²) in [7, 11) is 0. The Kier molecular flexibility index (Phi) is 2.46. The molecule has 0 bridgehead atoms. The summed E-state index contributed by atoms with van der Waals surface area (Å²) < 4.78 is -1.08. The van der Waals surface area contributed by atoms with Crippen LogP contribution >= 0.6 is 34.8 Å². The van der Waals surface area contributed by atoms with Gasteiger partial charge in [-0.2, -0.15) is 0 Å². The molecule has 3 radical (unpaired) electrons. The van der Waals surface area contributed by atoms with Crippen molar-refractivity contribution in [1.82, 2.24) is 0 Å². The predicted molar refractivity (Wildman–Crippen MR) is 26.0 cm³/mol. The van der Waals surface area contributed by atoms with Crippen molar-refractivity contribution >= 4 is 51.3 Å². The summed E-state index contributed by atoms with van der Waals surface area (Å²) in [5.74, 6) is 0. The second kappa shape index (κ2) is 1.92. The van der Waals surface area contributed by atoms with Crippen LogP contribution < -0.4 is 0 Å². The van der Waals surface area contributed by atoms with Crippen molar-refractivity contribution in [2.24, 2.45) is 0 Å². The van der Waals surface area contributed by atoms with E-state index in [1.54, 1.807) is 0 Å². The van der Waals surface area contributed by atoms with Gasteiger partial charge < -0.3 is 0 Å². The van der Waals surface area contributed by atoms with Crippen molar-refractivity contribution in [3.8, 4) is 0 Å². The normalized spacial score (nSPS) is 12.0. The summed E-state index contributed by atoms with van der Waals surface area (Å²) in [6.45, 7) is 0. The van der Waals surface area contributed by atoms with Crippen molar-refractivity contribution in [3.63, 3.8) is 0 Å². The van der Waals surface area contributed by atoms with E-state index in [0.29, 0.717) is 0 Å². The molecule has 0 atom stereocenters. The molecule has 0 aromatic rings. The molecule has 0 aromatic carbocycles. The molecule has 0 N–H and O–H groups in total. The number of hydrogen-bond acceptors (Lipinski definition) is 0. The van der Waals surface area contributed by atoms with Crippen LogP contribution in [-0.4, -0.2) is 19.1 Å². The zero-order valence-corrected chi connectivity index (χ0v) is 6.50. The van der Waals surface area contributed by atoms with Crippen LogP contribution in [0.2, 0.25) is 0 Å². The fraction of sp³-hybridized carbons (Fsp3) is 1.00. The standard InChI is InChI=1S/CCl3Ge/c2-1(3,4)5. The summed E-state index contributed by atoms with van der Waals surface area (Å²) >= 11 is 16.7. The van der Waals surface area contributed by atoms with E-state index in [4.69, 9.17) is 34.8 Å². The van der Waals surface area contributed by atoms with Crippen molar-refractivity contribution in [1.29, 1.82) is 0 Å². The van der Waals surface area contributed by atoms with Crippen LogP contribution in [0.5, 0.6) is 0 Å². The van der Waals surface area contributed by atoms with E-state index in [0.717, 1.165) is 0 Å². The summed E-state index contributed by atoms with van der Waals surface area (Å²) in [5, 5.41) is 0. The maximum absolute atomic E-state index is 5.06.